The zero-order valence-corrected chi connectivity index (χ0v) is 23.0. The van der Waals surface area contributed by atoms with E-state index in [9.17, 15) is 41.4 Å². The number of aromatic nitrogens is 2. The number of hydrogen-bond acceptors (Lipinski definition) is 7. The topological polar surface area (TPSA) is 141 Å². The van der Waals surface area contributed by atoms with E-state index < -0.39 is 61.6 Å². The molecule has 2 aromatic carbocycles. The molecule has 1 unspecified atom stereocenters. The van der Waals surface area contributed by atoms with Crippen molar-refractivity contribution in [3.8, 4) is 5.75 Å². The maximum Gasteiger partial charge on any atom is 0.339 e. The van der Waals surface area contributed by atoms with Crippen LogP contribution >= 0.6 is 0 Å². The standard InChI is InChI=1S/C28H27F3N4O6S/c29-17-10-21(30)26(22(31)11-17)42(40,41)35-9-8-24(35)27(37)34(19-6-7-20(28(38)39)25(36)12-19)15-18-13-33-23(14-32-18)16-4-2-1-3-5-16/h6-7,10-14,16,24,36H,1-5,8-9,15H2,(H,38,39). The first kappa shape index (κ1) is 29.5. The van der Waals surface area contributed by atoms with Crippen LogP contribution in [-0.2, 0) is 21.4 Å². The highest BCUT2D eigenvalue weighted by Crippen LogP contribution is 2.35. The molecule has 2 fully saturated rings. The molecule has 1 amide bonds. The molecule has 5 rings (SSSR count). The Hall–Kier alpha value is -4.04. The molecule has 14 heteroatoms. The lowest BCUT2D eigenvalue weighted by Crippen LogP contribution is -2.59. The third-order valence-corrected chi connectivity index (χ3v) is 9.60. The van der Waals surface area contributed by atoms with Crippen LogP contribution in [-0.4, -0.2) is 57.4 Å². The summed E-state index contributed by atoms with van der Waals surface area (Å²) in [5.41, 5.74) is 0.760. The maximum absolute atomic E-state index is 14.4. The van der Waals surface area contributed by atoms with Gasteiger partial charge >= 0.3 is 5.97 Å². The number of hydrogen-bond donors (Lipinski definition) is 2. The van der Waals surface area contributed by atoms with Gasteiger partial charge in [-0.15, -0.1) is 0 Å². The van der Waals surface area contributed by atoms with Crippen molar-refractivity contribution in [1.82, 2.24) is 14.3 Å². The minimum Gasteiger partial charge on any atom is -0.507 e. The molecular formula is C28H27F3N4O6S. The Labute approximate surface area is 239 Å². The Morgan fingerprint density at radius 2 is 1.67 bits per heavy atom. The molecule has 10 nitrogen and oxygen atoms in total. The van der Waals surface area contributed by atoms with E-state index in [2.05, 4.69) is 9.97 Å². The number of carboxylic acid groups (broad SMARTS) is 1. The highest BCUT2D eigenvalue weighted by Gasteiger charge is 2.46. The van der Waals surface area contributed by atoms with Crippen LogP contribution in [0, 0.1) is 17.5 Å². The van der Waals surface area contributed by atoms with Gasteiger partial charge in [0, 0.05) is 42.5 Å². The number of rotatable bonds is 8. The van der Waals surface area contributed by atoms with Crippen LogP contribution in [0.3, 0.4) is 0 Å². The summed E-state index contributed by atoms with van der Waals surface area (Å²) in [4.78, 5) is 33.9. The summed E-state index contributed by atoms with van der Waals surface area (Å²) >= 11 is 0. The molecule has 0 spiro atoms. The van der Waals surface area contributed by atoms with Gasteiger partial charge in [-0.05, 0) is 31.4 Å². The normalized spacial score (nSPS) is 17.9. The molecule has 1 aliphatic heterocycles. The molecule has 3 aromatic rings. The fraction of sp³-hybridized carbons (Fsp3) is 0.357. The Balaban J connectivity index is 1.46. The molecule has 42 heavy (non-hydrogen) atoms. The van der Waals surface area contributed by atoms with Gasteiger partial charge in [0.2, 0.25) is 15.9 Å². The van der Waals surface area contributed by atoms with Crippen molar-refractivity contribution in [3.05, 3.63) is 77.1 Å². The number of carbonyl (C=O) groups excluding carboxylic acids is 1. The van der Waals surface area contributed by atoms with Crippen molar-refractivity contribution in [1.29, 1.82) is 0 Å². The van der Waals surface area contributed by atoms with Crippen molar-refractivity contribution in [3.63, 3.8) is 0 Å². The smallest absolute Gasteiger partial charge is 0.339 e. The predicted octanol–water partition coefficient (Wildman–Crippen LogP) is 4.34. The lowest BCUT2D eigenvalue weighted by atomic mass is 9.87. The predicted molar refractivity (Wildman–Crippen MR) is 143 cm³/mol. The number of aromatic hydroxyl groups is 1. The molecule has 1 saturated heterocycles. The lowest BCUT2D eigenvalue weighted by Gasteiger charge is -2.41. The molecule has 0 radical (unpaired) electrons. The Morgan fingerprint density at radius 1 is 0.976 bits per heavy atom. The van der Waals surface area contributed by atoms with Crippen LogP contribution in [0.2, 0.25) is 0 Å². The summed E-state index contributed by atoms with van der Waals surface area (Å²) in [6.45, 7) is -0.464. The average molecular weight is 605 g/mol. The van der Waals surface area contributed by atoms with Crippen molar-refractivity contribution in [2.24, 2.45) is 0 Å². The van der Waals surface area contributed by atoms with Crippen LogP contribution in [0.15, 0.2) is 47.6 Å². The Bertz CT molecular complexity index is 1610. The first-order valence-corrected chi connectivity index (χ1v) is 14.8. The number of aromatic carboxylic acids is 1. The first-order chi connectivity index (χ1) is 20.0. The van der Waals surface area contributed by atoms with Crippen LogP contribution in [0.25, 0.3) is 0 Å². The number of anilines is 1. The van der Waals surface area contributed by atoms with Gasteiger partial charge in [-0.2, -0.15) is 4.31 Å². The minimum absolute atomic E-state index is 0.00445. The zero-order chi connectivity index (χ0) is 30.2. The number of carbonyl (C=O) groups is 2. The second-order valence-electron chi connectivity index (χ2n) is 10.3. The average Bonchev–Trinajstić information content (AvgIpc) is 2.90. The molecule has 2 heterocycles. The van der Waals surface area contributed by atoms with Gasteiger partial charge in [0.15, 0.2) is 4.90 Å². The number of amides is 1. The van der Waals surface area contributed by atoms with Gasteiger partial charge in [0.1, 0.15) is 34.8 Å². The molecule has 2 aliphatic rings. The molecule has 222 valence electrons. The zero-order valence-electron chi connectivity index (χ0n) is 22.2. The number of carboxylic acids is 1. The van der Waals surface area contributed by atoms with E-state index in [-0.39, 0.29) is 43.2 Å². The van der Waals surface area contributed by atoms with Crippen LogP contribution in [0.5, 0.6) is 5.75 Å². The van der Waals surface area contributed by atoms with E-state index in [1.165, 1.54) is 18.7 Å². The quantitative estimate of drug-likeness (QED) is 0.387. The van der Waals surface area contributed by atoms with Crippen molar-refractivity contribution in [2.45, 2.75) is 61.9 Å². The van der Waals surface area contributed by atoms with Gasteiger partial charge in [-0.3, -0.25) is 14.8 Å². The van der Waals surface area contributed by atoms with E-state index in [0.717, 1.165) is 48.4 Å². The molecular weight excluding hydrogens is 577 g/mol. The molecule has 0 bridgehead atoms. The molecule has 1 aliphatic carbocycles. The van der Waals surface area contributed by atoms with Crippen LogP contribution in [0.1, 0.15) is 66.2 Å². The van der Waals surface area contributed by atoms with Gasteiger partial charge in [-0.25, -0.2) is 26.4 Å². The van der Waals surface area contributed by atoms with E-state index in [1.807, 2.05) is 0 Å². The number of nitrogens with zero attached hydrogens (tertiary/aromatic N) is 4. The van der Waals surface area contributed by atoms with Crippen LogP contribution in [0.4, 0.5) is 18.9 Å². The first-order valence-electron chi connectivity index (χ1n) is 13.3. The second-order valence-corrected chi connectivity index (χ2v) is 12.1. The largest absolute Gasteiger partial charge is 0.507 e. The monoisotopic (exact) mass is 604 g/mol. The number of phenols is 1. The van der Waals surface area contributed by atoms with Crippen molar-refractivity contribution < 1.29 is 41.4 Å². The molecule has 1 aromatic heterocycles. The fourth-order valence-electron chi connectivity index (χ4n) is 5.35. The highest BCUT2D eigenvalue weighted by molar-refractivity contribution is 7.89. The van der Waals surface area contributed by atoms with Crippen molar-refractivity contribution in [2.75, 3.05) is 11.4 Å². The van der Waals surface area contributed by atoms with Gasteiger partial charge in [0.25, 0.3) is 0 Å². The fourth-order valence-corrected chi connectivity index (χ4v) is 7.07. The maximum atomic E-state index is 14.4. The van der Waals surface area contributed by atoms with Gasteiger partial charge in [-0.1, -0.05) is 19.3 Å². The van der Waals surface area contributed by atoms with E-state index >= 15 is 0 Å². The number of sulfonamides is 1. The lowest BCUT2D eigenvalue weighted by molar-refractivity contribution is -0.125. The minimum atomic E-state index is -4.89. The Kier molecular flexibility index (Phi) is 8.19. The van der Waals surface area contributed by atoms with Crippen LogP contribution < -0.4 is 4.90 Å². The SMILES string of the molecule is O=C(O)c1ccc(N(Cc2cnc(C3CCCCC3)cn2)C(=O)C2CCN2S(=O)(=O)c2c(F)cc(F)cc2F)cc1O. The molecule has 1 atom stereocenters. The third-order valence-electron chi connectivity index (χ3n) is 7.64. The molecule has 1 saturated carbocycles. The van der Waals surface area contributed by atoms with E-state index in [0.29, 0.717) is 10.00 Å². The number of benzene rings is 2. The number of halogens is 3. The summed E-state index contributed by atoms with van der Waals surface area (Å²) in [6.07, 6.45) is 8.47. The van der Waals surface area contributed by atoms with Gasteiger partial charge in [0.05, 0.1) is 24.1 Å². The summed E-state index contributed by atoms with van der Waals surface area (Å²) in [5.74, 6) is -7.14. The van der Waals surface area contributed by atoms with E-state index in [4.69, 9.17) is 0 Å². The van der Waals surface area contributed by atoms with E-state index in [1.54, 1.807) is 6.20 Å². The van der Waals surface area contributed by atoms with Crippen molar-refractivity contribution >= 4 is 27.6 Å². The Morgan fingerprint density at radius 3 is 2.21 bits per heavy atom. The third kappa shape index (κ3) is 5.68. The van der Waals surface area contributed by atoms with Gasteiger partial charge < -0.3 is 15.1 Å². The second kappa shape index (κ2) is 11.7. The summed E-state index contributed by atoms with van der Waals surface area (Å²) in [5, 5.41) is 19.6. The molecule has 2 N–H and O–H groups in total. The highest BCUT2D eigenvalue weighted by atomic mass is 32.2. The summed E-state index contributed by atoms with van der Waals surface area (Å²) < 4.78 is 69.2. The summed E-state index contributed by atoms with van der Waals surface area (Å²) in [7, 11) is -4.89. The summed E-state index contributed by atoms with van der Waals surface area (Å²) in [6, 6.07) is 2.48.